The maximum absolute atomic E-state index is 12.0. The third-order valence-electron chi connectivity index (χ3n) is 3.59. The molecule has 1 aromatic carbocycles. The van der Waals surface area contributed by atoms with Gasteiger partial charge in [0, 0.05) is 0 Å². The monoisotopic (exact) mass is 347 g/mol. The minimum absolute atomic E-state index is 0.296. The summed E-state index contributed by atoms with van der Waals surface area (Å²) in [5, 5.41) is 11.7. The van der Waals surface area contributed by atoms with Crippen molar-refractivity contribution in [3.8, 4) is 0 Å². The Kier molecular flexibility index (Phi) is 5.35. The Labute approximate surface area is 146 Å². The van der Waals surface area contributed by atoms with Gasteiger partial charge >= 0.3 is 12.1 Å². The molecule has 3 N–H and O–H groups in total. The number of carboxylic acid groups (broad SMARTS) is 1. The molecular formula is C18H25N3O4. The number of fused-ring (bicyclic) bond motifs is 1. The molecule has 1 atom stereocenters. The number of carbonyl (C=O) groups excluding carboxylic acids is 1. The van der Waals surface area contributed by atoms with Gasteiger partial charge in [-0.1, -0.05) is 19.9 Å². The van der Waals surface area contributed by atoms with E-state index in [-0.39, 0.29) is 6.42 Å². The van der Waals surface area contributed by atoms with Crippen molar-refractivity contribution in [2.24, 2.45) is 0 Å². The minimum Gasteiger partial charge on any atom is -0.481 e. The van der Waals surface area contributed by atoms with Gasteiger partial charge in [-0.3, -0.25) is 4.79 Å². The van der Waals surface area contributed by atoms with Crippen LogP contribution in [0.5, 0.6) is 0 Å². The number of alkyl carbamates (subject to hydrolysis) is 1. The van der Waals surface area contributed by atoms with Gasteiger partial charge in [0.2, 0.25) is 0 Å². The van der Waals surface area contributed by atoms with Crippen LogP contribution in [-0.2, 0) is 9.53 Å². The number of carboxylic acids is 1. The quantitative estimate of drug-likeness (QED) is 0.764. The van der Waals surface area contributed by atoms with Gasteiger partial charge in [-0.2, -0.15) is 0 Å². The van der Waals surface area contributed by atoms with E-state index >= 15 is 0 Å². The fourth-order valence-electron chi connectivity index (χ4n) is 2.41. The summed E-state index contributed by atoms with van der Waals surface area (Å²) in [5.41, 5.74) is 2.01. The summed E-state index contributed by atoms with van der Waals surface area (Å²) in [7, 11) is 0. The van der Waals surface area contributed by atoms with Crippen LogP contribution in [0.25, 0.3) is 11.0 Å². The van der Waals surface area contributed by atoms with Crippen LogP contribution in [0.1, 0.15) is 64.4 Å². The molecule has 0 aliphatic rings. The maximum atomic E-state index is 12.0. The Bertz CT molecular complexity index is 774. The Morgan fingerprint density at radius 2 is 2.00 bits per heavy atom. The summed E-state index contributed by atoms with van der Waals surface area (Å²) in [6, 6.07) is 5.06. The van der Waals surface area contributed by atoms with E-state index in [1.165, 1.54) is 0 Å². The van der Waals surface area contributed by atoms with E-state index in [9.17, 15) is 9.59 Å². The van der Waals surface area contributed by atoms with Crippen LogP contribution in [0, 0.1) is 0 Å². The number of carbonyl (C=O) groups is 2. The zero-order valence-corrected chi connectivity index (χ0v) is 15.2. The van der Waals surface area contributed by atoms with Crippen LogP contribution in [0.2, 0.25) is 0 Å². The van der Waals surface area contributed by atoms with Crippen molar-refractivity contribution >= 4 is 23.1 Å². The summed E-state index contributed by atoms with van der Waals surface area (Å²) >= 11 is 0. The molecule has 0 saturated carbocycles. The first kappa shape index (κ1) is 18.8. The highest BCUT2D eigenvalue weighted by Gasteiger charge is 2.24. The van der Waals surface area contributed by atoms with Crippen LogP contribution >= 0.6 is 0 Å². The van der Waals surface area contributed by atoms with Crippen molar-refractivity contribution in [3.05, 3.63) is 29.6 Å². The van der Waals surface area contributed by atoms with Crippen molar-refractivity contribution in [1.29, 1.82) is 0 Å². The van der Waals surface area contributed by atoms with Gasteiger partial charge < -0.3 is 20.1 Å². The number of aromatic amines is 1. The second-order valence-corrected chi connectivity index (χ2v) is 7.35. The van der Waals surface area contributed by atoms with Crippen molar-refractivity contribution in [2.45, 2.75) is 58.6 Å². The van der Waals surface area contributed by atoms with Crippen LogP contribution < -0.4 is 5.32 Å². The van der Waals surface area contributed by atoms with E-state index in [0.717, 1.165) is 16.6 Å². The number of hydrogen-bond acceptors (Lipinski definition) is 4. The fourth-order valence-corrected chi connectivity index (χ4v) is 2.41. The molecule has 25 heavy (non-hydrogen) atoms. The second-order valence-electron chi connectivity index (χ2n) is 7.35. The van der Waals surface area contributed by atoms with Crippen LogP contribution in [0.4, 0.5) is 4.79 Å². The number of ether oxygens (including phenoxy) is 1. The number of imidazole rings is 1. The van der Waals surface area contributed by atoms with Crippen LogP contribution in [0.3, 0.4) is 0 Å². The molecule has 1 heterocycles. The molecule has 0 fully saturated rings. The van der Waals surface area contributed by atoms with Crippen LogP contribution in [-0.4, -0.2) is 32.7 Å². The fraction of sp³-hybridized carbons (Fsp3) is 0.500. The molecule has 0 bridgehead atoms. The SMILES string of the molecule is CC(C)c1ccc2nc([C@H](CC(=O)O)NC(=O)OC(C)(C)C)[nH]c2c1. The lowest BCUT2D eigenvalue weighted by atomic mass is 10.0. The number of aromatic nitrogens is 2. The number of H-pyrrole nitrogens is 1. The zero-order valence-electron chi connectivity index (χ0n) is 15.2. The Morgan fingerprint density at radius 3 is 2.56 bits per heavy atom. The van der Waals surface area contributed by atoms with E-state index in [0.29, 0.717) is 11.7 Å². The number of aliphatic carboxylic acids is 1. The Morgan fingerprint density at radius 1 is 1.32 bits per heavy atom. The molecule has 136 valence electrons. The molecular weight excluding hydrogens is 322 g/mol. The first-order chi connectivity index (χ1) is 11.5. The number of nitrogens with one attached hydrogen (secondary N) is 2. The molecule has 7 nitrogen and oxygen atoms in total. The van der Waals surface area contributed by atoms with Crippen molar-refractivity contribution in [3.63, 3.8) is 0 Å². The molecule has 1 aromatic heterocycles. The standard InChI is InChI=1S/C18H25N3O4/c1-10(2)11-6-7-12-13(8-11)20-16(19-12)14(9-15(22)23)21-17(24)25-18(3,4)5/h6-8,10,14H,9H2,1-5H3,(H,19,20)(H,21,24)(H,22,23)/t14-/m0/s1. The lowest BCUT2D eigenvalue weighted by Gasteiger charge is -2.22. The molecule has 2 rings (SSSR count). The Balaban J connectivity index is 2.29. The molecule has 0 spiro atoms. The Hall–Kier alpha value is -2.57. The van der Waals surface area contributed by atoms with E-state index < -0.39 is 23.7 Å². The van der Waals surface area contributed by atoms with E-state index in [4.69, 9.17) is 9.84 Å². The van der Waals surface area contributed by atoms with Gasteiger partial charge in [-0.25, -0.2) is 9.78 Å². The van der Waals surface area contributed by atoms with Crippen molar-refractivity contribution in [2.75, 3.05) is 0 Å². The number of hydrogen-bond donors (Lipinski definition) is 3. The predicted molar refractivity (Wildman–Crippen MR) is 94.5 cm³/mol. The summed E-state index contributed by atoms with van der Waals surface area (Å²) < 4.78 is 5.21. The second kappa shape index (κ2) is 7.13. The summed E-state index contributed by atoms with van der Waals surface area (Å²) in [6.45, 7) is 9.42. The molecule has 0 saturated heterocycles. The minimum atomic E-state index is -1.04. The largest absolute Gasteiger partial charge is 0.481 e. The topological polar surface area (TPSA) is 104 Å². The summed E-state index contributed by atoms with van der Waals surface area (Å²) in [4.78, 5) is 30.7. The average molecular weight is 347 g/mol. The zero-order chi connectivity index (χ0) is 18.8. The van der Waals surface area contributed by atoms with E-state index in [1.807, 2.05) is 18.2 Å². The molecule has 0 unspecified atom stereocenters. The molecule has 0 radical (unpaired) electrons. The van der Waals surface area contributed by atoms with Gasteiger partial charge in [0.05, 0.1) is 17.5 Å². The molecule has 2 aromatic rings. The summed E-state index contributed by atoms with van der Waals surface area (Å²) in [5.74, 6) is -0.278. The number of benzene rings is 1. The predicted octanol–water partition coefficient (Wildman–Crippen LogP) is 3.73. The van der Waals surface area contributed by atoms with Crippen molar-refractivity contribution < 1.29 is 19.4 Å². The van der Waals surface area contributed by atoms with Gasteiger partial charge in [0.15, 0.2) is 0 Å². The number of rotatable bonds is 5. The first-order valence-electron chi connectivity index (χ1n) is 8.26. The van der Waals surface area contributed by atoms with E-state index in [1.54, 1.807) is 20.8 Å². The lowest BCUT2D eigenvalue weighted by Crippen LogP contribution is -2.36. The molecule has 0 aliphatic carbocycles. The average Bonchev–Trinajstić information content (AvgIpc) is 2.86. The third kappa shape index (κ3) is 5.20. The normalized spacial score (nSPS) is 13.0. The highest BCUT2D eigenvalue weighted by atomic mass is 16.6. The lowest BCUT2D eigenvalue weighted by molar-refractivity contribution is -0.137. The van der Waals surface area contributed by atoms with Gasteiger partial charge in [0.1, 0.15) is 17.5 Å². The molecule has 1 amide bonds. The van der Waals surface area contributed by atoms with Gasteiger partial charge in [0.25, 0.3) is 0 Å². The van der Waals surface area contributed by atoms with Crippen molar-refractivity contribution in [1.82, 2.24) is 15.3 Å². The number of amides is 1. The number of nitrogens with zero attached hydrogens (tertiary/aromatic N) is 1. The van der Waals surface area contributed by atoms with Gasteiger partial charge in [-0.05, 0) is 44.4 Å². The highest BCUT2D eigenvalue weighted by molar-refractivity contribution is 5.77. The molecule has 7 heteroatoms. The smallest absolute Gasteiger partial charge is 0.408 e. The van der Waals surface area contributed by atoms with Crippen LogP contribution in [0.15, 0.2) is 18.2 Å². The summed E-state index contributed by atoms with van der Waals surface area (Å²) in [6.07, 6.45) is -0.974. The molecule has 0 aliphatic heterocycles. The first-order valence-corrected chi connectivity index (χ1v) is 8.26. The highest BCUT2D eigenvalue weighted by Crippen LogP contribution is 2.23. The van der Waals surface area contributed by atoms with Gasteiger partial charge in [-0.15, -0.1) is 0 Å². The third-order valence-corrected chi connectivity index (χ3v) is 3.59. The van der Waals surface area contributed by atoms with E-state index in [2.05, 4.69) is 29.1 Å². The maximum Gasteiger partial charge on any atom is 0.408 e.